The van der Waals surface area contributed by atoms with Gasteiger partial charge in [0.15, 0.2) is 0 Å². The molecule has 6 nitrogen and oxygen atoms in total. The standard InChI is InChI=1S/C10H18N2O4/c1-15-7-8(11-10(14)16-2)9(13)12-5-3-4-6-12/h8H,3-7H2,1-2H3,(H,11,14). The van der Waals surface area contributed by atoms with Crippen LogP contribution in [-0.2, 0) is 14.3 Å². The van der Waals surface area contributed by atoms with Crippen molar-refractivity contribution in [2.45, 2.75) is 18.9 Å². The zero-order chi connectivity index (χ0) is 12.0. The van der Waals surface area contributed by atoms with Gasteiger partial charge in [-0.05, 0) is 12.8 Å². The molecule has 0 bridgehead atoms. The lowest BCUT2D eigenvalue weighted by atomic mass is 10.2. The van der Waals surface area contributed by atoms with Gasteiger partial charge in [0, 0.05) is 20.2 Å². The minimum absolute atomic E-state index is 0.107. The highest BCUT2D eigenvalue weighted by atomic mass is 16.5. The van der Waals surface area contributed by atoms with Gasteiger partial charge in [0.2, 0.25) is 5.91 Å². The molecule has 0 spiro atoms. The van der Waals surface area contributed by atoms with E-state index in [1.54, 1.807) is 4.90 Å². The Labute approximate surface area is 94.9 Å². The predicted molar refractivity (Wildman–Crippen MR) is 57.0 cm³/mol. The van der Waals surface area contributed by atoms with Crippen LogP contribution in [0.1, 0.15) is 12.8 Å². The quantitative estimate of drug-likeness (QED) is 0.737. The fourth-order valence-corrected chi connectivity index (χ4v) is 1.70. The van der Waals surface area contributed by atoms with Gasteiger partial charge in [-0.25, -0.2) is 4.79 Å². The molecule has 92 valence electrons. The number of alkyl carbamates (subject to hydrolysis) is 1. The number of methoxy groups -OCH3 is 2. The van der Waals surface area contributed by atoms with E-state index in [4.69, 9.17) is 4.74 Å². The molecule has 1 N–H and O–H groups in total. The number of likely N-dealkylation sites (tertiary alicyclic amines) is 1. The molecule has 0 aliphatic carbocycles. The van der Waals surface area contributed by atoms with E-state index in [0.29, 0.717) is 0 Å². The Bertz CT molecular complexity index is 251. The topological polar surface area (TPSA) is 67.9 Å². The molecule has 0 aromatic carbocycles. The summed E-state index contributed by atoms with van der Waals surface area (Å²) in [4.78, 5) is 24.8. The van der Waals surface area contributed by atoms with E-state index >= 15 is 0 Å². The number of carbonyl (C=O) groups is 2. The highest BCUT2D eigenvalue weighted by Crippen LogP contribution is 2.09. The molecule has 1 rings (SSSR count). The third-order valence-electron chi connectivity index (χ3n) is 2.53. The van der Waals surface area contributed by atoms with E-state index in [1.807, 2.05) is 0 Å². The monoisotopic (exact) mass is 230 g/mol. The van der Waals surface area contributed by atoms with Gasteiger partial charge < -0.3 is 19.7 Å². The summed E-state index contributed by atoms with van der Waals surface area (Å²) in [5, 5.41) is 2.47. The van der Waals surface area contributed by atoms with Crippen molar-refractivity contribution in [2.24, 2.45) is 0 Å². The van der Waals surface area contributed by atoms with Crippen molar-refractivity contribution >= 4 is 12.0 Å². The summed E-state index contributed by atoms with van der Waals surface area (Å²) in [6.07, 6.45) is 1.42. The Balaban J connectivity index is 2.53. The molecule has 1 unspecified atom stereocenters. The number of carbonyl (C=O) groups excluding carboxylic acids is 2. The lowest BCUT2D eigenvalue weighted by Gasteiger charge is -2.22. The Kier molecular flexibility index (Phi) is 5.04. The maximum atomic E-state index is 12.0. The Morgan fingerprint density at radius 3 is 2.44 bits per heavy atom. The lowest BCUT2D eigenvalue weighted by Crippen LogP contribution is -2.50. The second kappa shape index (κ2) is 6.32. The smallest absolute Gasteiger partial charge is 0.407 e. The number of hydrogen-bond acceptors (Lipinski definition) is 4. The van der Waals surface area contributed by atoms with E-state index in [2.05, 4.69) is 10.1 Å². The van der Waals surface area contributed by atoms with Crippen LogP contribution in [-0.4, -0.2) is 56.9 Å². The van der Waals surface area contributed by atoms with Crippen LogP contribution >= 0.6 is 0 Å². The fourth-order valence-electron chi connectivity index (χ4n) is 1.70. The van der Waals surface area contributed by atoms with Crippen molar-refractivity contribution in [2.75, 3.05) is 33.9 Å². The van der Waals surface area contributed by atoms with E-state index in [1.165, 1.54) is 14.2 Å². The first-order valence-electron chi connectivity index (χ1n) is 5.31. The predicted octanol–water partition coefficient (Wildman–Crippen LogP) is -0.0202. The maximum absolute atomic E-state index is 12.0. The van der Waals surface area contributed by atoms with E-state index in [0.717, 1.165) is 25.9 Å². The summed E-state index contributed by atoms with van der Waals surface area (Å²) in [6, 6.07) is -0.657. The molecule has 1 atom stereocenters. The van der Waals surface area contributed by atoms with Gasteiger partial charge in [-0.15, -0.1) is 0 Å². The van der Waals surface area contributed by atoms with Gasteiger partial charge in [0.1, 0.15) is 6.04 Å². The Hall–Kier alpha value is -1.30. The summed E-state index contributed by atoms with van der Waals surface area (Å²) in [5.41, 5.74) is 0. The molecule has 0 saturated carbocycles. The van der Waals surface area contributed by atoms with Crippen molar-refractivity contribution in [3.63, 3.8) is 0 Å². The van der Waals surface area contributed by atoms with Crippen molar-refractivity contribution in [1.82, 2.24) is 10.2 Å². The summed E-state index contributed by atoms with van der Waals surface area (Å²) >= 11 is 0. The van der Waals surface area contributed by atoms with Crippen LogP contribution in [0.15, 0.2) is 0 Å². The minimum Gasteiger partial charge on any atom is -0.453 e. The first kappa shape index (κ1) is 12.8. The second-order valence-electron chi connectivity index (χ2n) is 3.68. The molecule has 1 aliphatic rings. The molecule has 1 aliphatic heterocycles. The average Bonchev–Trinajstić information content (AvgIpc) is 2.80. The van der Waals surface area contributed by atoms with Crippen LogP contribution in [0.3, 0.4) is 0 Å². The third kappa shape index (κ3) is 3.37. The number of rotatable bonds is 4. The van der Waals surface area contributed by atoms with E-state index in [9.17, 15) is 9.59 Å². The molecular weight excluding hydrogens is 212 g/mol. The summed E-state index contributed by atoms with van der Waals surface area (Å²) in [7, 11) is 2.75. The SMILES string of the molecule is COCC(NC(=O)OC)C(=O)N1CCCC1. The number of amides is 2. The van der Waals surface area contributed by atoms with Crippen molar-refractivity contribution < 1.29 is 19.1 Å². The third-order valence-corrected chi connectivity index (χ3v) is 2.53. The molecule has 2 amide bonds. The van der Waals surface area contributed by atoms with E-state index in [-0.39, 0.29) is 12.5 Å². The van der Waals surface area contributed by atoms with Crippen molar-refractivity contribution in [3.8, 4) is 0 Å². The molecule has 6 heteroatoms. The van der Waals surface area contributed by atoms with Crippen LogP contribution in [0.25, 0.3) is 0 Å². The Morgan fingerprint density at radius 1 is 1.31 bits per heavy atom. The van der Waals surface area contributed by atoms with Gasteiger partial charge in [0.05, 0.1) is 13.7 Å². The van der Waals surface area contributed by atoms with Crippen molar-refractivity contribution in [1.29, 1.82) is 0 Å². The molecule has 0 radical (unpaired) electrons. The average molecular weight is 230 g/mol. The van der Waals surface area contributed by atoms with Crippen LogP contribution in [0, 0.1) is 0 Å². The van der Waals surface area contributed by atoms with Gasteiger partial charge in [0.25, 0.3) is 0 Å². The number of nitrogens with one attached hydrogen (secondary N) is 1. The first-order chi connectivity index (χ1) is 7.69. The summed E-state index contributed by atoms with van der Waals surface area (Å²) in [6.45, 7) is 1.66. The van der Waals surface area contributed by atoms with E-state index < -0.39 is 12.1 Å². The van der Waals surface area contributed by atoms with Crippen LogP contribution in [0.4, 0.5) is 4.79 Å². The number of hydrogen-bond donors (Lipinski definition) is 1. The molecule has 0 aromatic heterocycles. The molecule has 1 heterocycles. The summed E-state index contributed by atoms with van der Waals surface area (Å²) in [5.74, 6) is -0.107. The number of nitrogens with zero attached hydrogens (tertiary/aromatic N) is 1. The van der Waals surface area contributed by atoms with Gasteiger partial charge in [-0.1, -0.05) is 0 Å². The first-order valence-corrected chi connectivity index (χ1v) is 5.31. The lowest BCUT2D eigenvalue weighted by molar-refractivity contribution is -0.133. The number of ether oxygens (including phenoxy) is 2. The Morgan fingerprint density at radius 2 is 1.94 bits per heavy atom. The molecule has 16 heavy (non-hydrogen) atoms. The highest BCUT2D eigenvalue weighted by Gasteiger charge is 2.27. The fraction of sp³-hybridized carbons (Fsp3) is 0.800. The van der Waals surface area contributed by atoms with Crippen LogP contribution in [0.2, 0.25) is 0 Å². The van der Waals surface area contributed by atoms with Gasteiger partial charge in [-0.2, -0.15) is 0 Å². The second-order valence-corrected chi connectivity index (χ2v) is 3.68. The summed E-state index contributed by atoms with van der Waals surface area (Å²) < 4.78 is 9.38. The minimum atomic E-state index is -0.657. The van der Waals surface area contributed by atoms with Crippen molar-refractivity contribution in [3.05, 3.63) is 0 Å². The van der Waals surface area contributed by atoms with Gasteiger partial charge in [-0.3, -0.25) is 4.79 Å². The zero-order valence-electron chi connectivity index (χ0n) is 9.69. The molecular formula is C10H18N2O4. The van der Waals surface area contributed by atoms with Crippen LogP contribution < -0.4 is 5.32 Å². The van der Waals surface area contributed by atoms with Gasteiger partial charge >= 0.3 is 6.09 Å². The molecule has 1 saturated heterocycles. The maximum Gasteiger partial charge on any atom is 0.407 e. The zero-order valence-corrected chi connectivity index (χ0v) is 9.69. The normalized spacial score (nSPS) is 17.0. The molecule has 0 aromatic rings. The largest absolute Gasteiger partial charge is 0.453 e. The molecule has 1 fully saturated rings. The highest BCUT2D eigenvalue weighted by molar-refractivity contribution is 5.86. The van der Waals surface area contributed by atoms with Crippen LogP contribution in [0.5, 0.6) is 0 Å².